The molecule has 0 radical (unpaired) electrons. The van der Waals surface area contributed by atoms with Crippen LogP contribution in [0.2, 0.25) is 0 Å². The summed E-state index contributed by atoms with van der Waals surface area (Å²) >= 11 is 0. The fourth-order valence-electron chi connectivity index (χ4n) is 11.7. The number of ether oxygens (including phenoxy) is 4. The minimum absolute atomic E-state index is 0.106. The summed E-state index contributed by atoms with van der Waals surface area (Å²) in [5.41, 5.74) is 0. The number of esters is 4. The summed E-state index contributed by atoms with van der Waals surface area (Å²) < 4.78 is 68.5. The maximum Gasteiger partial charge on any atom is 0.472 e. The molecule has 5 atom stereocenters. The quantitative estimate of drug-likeness (QED) is 0.0222. The molecule has 0 saturated heterocycles. The van der Waals surface area contributed by atoms with Crippen molar-refractivity contribution in [3.05, 3.63) is 0 Å². The molecule has 0 aliphatic rings. The van der Waals surface area contributed by atoms with Crippen LogP contribution in [0.4, 0.5) is 0 Å². The van der Waals surface area contributed by atoms with E-state index in [4.69, 9.17) is 37.0 Å². The predicted molar refractivity (Wildman–Crippen MR) is 386 cm³/mol. The van der Waals surface area contributed by atoms with Gasteiger partial charge in [-0.2, -0.15) is 0 Å². The number of rotatable bonds is 75. The summed E-state index contributed by atoms with van der Waals surface area (Å²) in [5, 5.41) is 10.6. The van der Waals surface area contributed by atoms with Crippen LogP contribution < -0.4 is 0 Å². The van der Waals surface area contributed by atoms with Gasteiger partial charge in [0.15, 0.2) is 12.2 Å². The predicted octanol–water partition coefficient (Wildman–Crippen LogP) is 22.3. The summed E-state index contributed by atoms with van der Waals surface area (Å²) in [6.07, 6.45) is 55.6. The smallest absolute Gasteiger partial charge is 0.462 e. The van der Waals surface area contributed by atoms with Crippen molar-refractivity contribution in [2.45, 2.75) is 413 Å². The Bertz CT molecular complexity index is 1840. The summed E-state index contributed by atoms with van der Waals surface area (Å²) in [4.78, 5) is 72.7. The maximum absolute atomic E-state index is 13.1. The Balaban J connectivity index is 5.21. The fourth-order valence-corrected chi connectivity index (χ4v) is 13.2. The zero-order chi connectivity index (χ0) is 70.0. The molecule has 0 rings (SSSR count). The van der Waals surface area contributed by atoms with E-state index in [0.717, 1.165) is 108 Å². The van der Waals surface area contributed by atoms with Crippen LogP contribution in [0.25, 0.3) is 0 Å². The first-order valence-electron chi connectivity index (χ1n) is 39.5. The molecule has 0 bridgehead atoms. The van der Waals surface area contributed by atoms with Crippen molar-refractivity contribution in [3.8, 4) is 0 Å². The molecule has 0 heterocycles. The molecule has 3 N–H and O–H groups in total. The van der Waals surface area contributed by atoms with Crippen LogP contribution in [-0.2, 0) is 65.4 Å². The van der Waals surface area contributed by atoms with E-state index in [1.165, 1.54) is 205 Å². The van der Waals surface area contributed by atoms with Gasteiger partial charge in [-0.25, -0.2) is 9.13 Å². The molecular formula is C76H148O17P2. The number of carbonyl (C=O) groups excluding carboxylic acids is 4. The molecule has 0 aliphatic heterocycles. The van der Waals surface area contributed by atoms with Gasteiger partial charge in [0.05, 0.1) is 26.4 Å². The molecule has 564 valence electrons. The molecular weight excluding hydrogens is 1250 g/mol. The van der Waals surface area contributed by atoms with Crippen LogP contribution in [0.5, 0.6) is 0 Å². The third-order valence-corrected chi connectivity index (χ3v) is 19.6. The fraction of sp³-hybridized carbons (Fsp3) is 0.947. The van der Waals surface area contributed by atoms with Crippen molar-refractivity contribution in [1.29, 1.82) is 0 Å². The zero-order valence-corrected chi connectivity index (χ0v) is 63.8. The van der Waals surface area contributed by atoms with E-state index in [0.29, 0.717) is 25.7 Å². The Morgan fingerprint density at radius 2 is 0.484 bits per heavy atom. The Kier molecular flexibility index (Phi) is 66.5. The lowest BCUT2D eigenvalue weighted by molar-refractivity contribution is -0.161. The van der Waals surface area contributed by atoms with E-state index < -0.39 is 97.5 Å². The van der Waals surface area contributed by atoms with Crippen molar-refractivity contribution < 1.29 is 80.2 Å². The van der Waals surface area contributed by atoms with E-state index in [1.807, 2.05) is 0 Å². The molecule has 19 heteroatoms. The monoisotopic (exact) mass is 1400 g/mol. The first kappa shape index (κ1) is 93.1. The van der Waals surface area contributed by atoms with E-state index in [1.54, 1.807) is 0 Å². The Morgan fingerprint density at radius 1 is 0.284 bits per heavy atom. The third-order valence-electron chi connectivity index (χ3n) is 17.7. The first-order valence-corrected chi connectivity index (χ1v) is 42.5. The number of aliphatic hydroxyl groups is 1. The lowest BCUT2D eigenvalue weighted by atomic mass is 10.0. The van der Waals surface area contributed by atoms with Crippen LogP contribution in [-0.4, -0.2) is 96.7 Å². The van der Waals surface area contributed by atoms with E-state index >= 15 is 0 Å². The van der Waals surface area contributed by atoms with Crippen LogP contribution in [0, 0.1) is 11.8 Å². The van der Waals surface area contributed by atoms with Crippen LogP contribution in [0.3, 0.4) is 0 Å². The number of carbonyl (C=O) groups is 4. The minimum Gasteiger partial charge on any atom is -0.462 e. The van der Waals surface area contributed by atoms with E-state index in [-0.39, 0.29) is 25.7 Å². The van der Waals surface area contributed by atoms with Crippen LogP contribution in [0.15, 0.2) is 0 Å². The number of hydrogen-bond acceptors (Lipinski definition) is 15. The summed E-state index contributed by atoms with van der Waals surface area (Å²) in [6.45, 7) is 9.58. The van der Waals surface area contributed by atoms with Gasteiger partial charge in [-0.1, -0.05) is 343 Å². The third kappa shape index (κ3) is 70.3. The summed E-state index contributed by atoms with van der Waals surface area (Å²) in [7, 11) is -9.91. The topological polar surface area (TPSA) is 237 Å². The molecule has 0 aromatic heterocycles. The van der Waals surface area contributed by atoms with Gasteiger partial charge in [0.2, 0.25) is 0 Å². The SMILES string of the molecule is CCCCCCCCCCCCCCCCCCCCCC(=O)O[C@H](COC(=O)CCCCCCCCCCCCCC(C)C)COP(=O)(O)OC[C@@H](O)COP(=O)(O)OC[C@@H](COC(=O)CCCCCCCCCC)OC(=O)CCCCCCCCCCCCCC(C)C. The highest BCUT2D eigenvalue weighted by atomic mass is 31.2. The van der Waals surface area contributed by atoms with Gasteiger partial charge in [0.25, 0.3) is 0 Å². The highest BCUT2D eigenvalue weighted by Crippen LogP contribution is 2.45. The highest BCUT2D eigenvalue weighted by Gasteiger charge is 2.30. The molecule has 0 aliphatic carbocycles. The first-order chi connectivity index (χ1) is 45.9. The molecule has 0 fully saturated rings. The highest BCUT2D eigenvalue weighted by molar-refractivity contribution is 7.47. The van der Waals surface area contributed by atoms with Gasteiger partial charge in [0, 0.05) is 25.7 Å². The number of hydrogen-bond donors (Lipinski definition) is 3. The standard InChI is InChI=1S/C76H148O17P2/c1-7-9-11-13-15-17-18-19-20-21-22-23-24-25-30-36-42-48-54-60-75(80)93-72(65-87-74(79)59-53-47-41-35-31-26-28-33-38-44-50-56-68(3)4)67-91-95(84,85)89-63-70(77)62-88-94(82,83)90-66-71(64-86-73(78)58-52-46-40-16-14-12-10-8-2)92-76(81)61-55-49-43-37-32-27-29-34-39-45-51-57-69(5)6/h68-72,77H,7-67H2,1-6H3,(H,82,83)(H,84,85)/t70-,71+,72+/m0/s1. The minimum atomic E-state index is -4.96. The summed E-state index contributed by atoms with van der Waals surface area (Å²) in [6, 6.07) is 0. The zero-order valence-electron chi connectivity index (χ0n) is 62.0. The van der Waals surface area contributed by atoms with Gasteiger partial charge in [-0.3, -0.25) is 37.3 Å². The second kappa shape index (κ2) is 67.9. The van der Waals surface area contributed by atoms with Gasteiger partial charge in [0.1, 0.15) is 19.3 Å². The van der Waals surface area contributed by atoms with Gasteiger partial charge < -0.3 is 33.8 Å². The lowest BCUT2D eigenvalue weighted by Gasteiger charge is -2.21. The molecule has 0 saturated carbocycles. The summed E-state index contributed by atoms with van der Waals surface area (Å²) in [5.74, 6) is -0.581. The largest absolute Gasteiger partial charge is 0.472 e. The average molecular weight is 1400 g/mol. The lowest BCUT2D eigenvalue weighted by Crippen LogP contribution is -2.30. The Labute approximate surface area is 581 Å². The molecule has 0 spiro atoms. The van der Waals surface area contributed by atoms with E-state index in [9.17, 15) is 43.2 Å². The van der Waals surface area contributed by atoms with Crippen molar-refractivity contribution in [3.63, 3.8) is 0 Å². The molecule has 0 aromatic rings. The van der Waals surface area contributed by atoms with Crippen LogP contribution in [0.1, 0.15) is 395 Å². The molecule has 95 heavy (non-hydrogen) atoms. The van der Waals surface area contributed by atoms with Crippen LogP contribution >= 0.6 is 15.6 Å². The molecule has 17 nitrogen and oxygen atoms in total. The number of unbranched alkanes of at least 4 members (excludes halogenated alkanes) is 45. The molecule has 2 unspecified atom stereocenters. The number of phosphoric ester groups is 2. The molecule has 0 amide bonds. The van der Waals surface area contributed by atoms with Crippen molar-refractivity contribution >= 4 is 39.5 Å². The molecule has 0 aromatic carbocycles. The second-order valence-electron chi connectivity index (χ2n) is 28.3. The maximum atomic E-state index is 13.1. The van der Waals surface area contributed by atoms with Gasteiger partial charge >= 0.3 is 39.5 Å². The number of phosphoric acid groups is 2. The van der Waals surface area contributed by atoms with Crippen molar-refractivity contribution in [2.24, 2.45) is 11.8 Å². The van der Waals surface area contributed by atoms with Crippen molar-refractivity contribution in [1.82, 2.24) is 0 Å². The van der Waals surface area contributed by atoms with Gasteiger partial charge in [-0.05, 0) is 37.5 Å². The second-order valence-corrected chi connectivity index (χ2v) is 31.3. The Hall–Kier alpha value is -1.94. The number of aliphatic hydroxyl groups excluding tert-OH is 1. The Morgan fingerprint density at radius 3 is 0.716 bits per heavy atom. The normalized spacial score (nSPS) is 14.0. The van der Waals surface area contributed by atoms with E-state index in [2.05, 4.69) is 41.5 Å². The van der Waals surface area contributed by atoms with Gasteiger partial charge in [-0.15, -0.1) is 0 Å². The average Bonchev–Trinajstić information content (AvgIpc) is 1.42. The van der Waals surface area contributed by atoms with Crippen molar-refractivity contribution in [2.75, 3.05) is 39.6 Å².